The Bertz CT molecular complexity index is 764. The number of rotatable bonds is 3. The molecule has 3 heterocycles. The number of nitrogens with one attached hydrogen (secondary N) is 2. The Morgan fingerprint density at radius 2 is 2.00 bits per heavy atom. The largest absolute Gasteiger partial charge is 0.378 e. The molecule has 4 rings (SSSR count). The number of pyridine rings is 1. The highest BCUT2D eigenvalue weighted by Gasteiger charge is 2.24. The van der Waals surface area contributed by atoms with Gasteiger partial charge in [0.15, 0.2) is 5.82 Å². The van der Waals surface area contributed by atoms with Crippen molar-refractivity contribution in [2.75, 3.05) is 31.6 Å². The molecular weight excluding hydrogens is 352 g/mol. The van der Waals surface area contributed by atoms with Crippen LogP contribution in [-0.4, -0.2) is 53.1 Å². The SMILES string of the molecule is Cc1c[nH]c2c(NC3CCCCC3)ncc(C(=O)N3CCOCC3)c12.Cl. The number of aryl methyl sites for hydroxylation is 1. The van der Waals surface area contributed by atoms with Gasteiger partial charge in [0, 0.05) is 36.9 Å². The lowest BCUT2D eigenvalue weighted by Crippen LogP contribution is -2.40. The molecule has 1 saturated heterocycles. The Hall–Kier alpha value is -1.79. The lowest BCUT2D eigenvalue weighted by Gasteiger charge is -2.27. The molecule has 142 valence electrons. The summed E-state index contributed by atoms with van der Waals surface area (Å²) in [5.74, 6) is 0.918. The van der Waals surface area contributed by atoms with Crippen LogP contribution in [-0.2, 0) is 4.74 Å². The number of carbonyl (C=O) groups excluding carboxylic acids is 1. The van der Waals surface area contributed by atoms with E-state index in [0.29, 0.717) is 37.9 Å². The van der Waals surface area contributed by atoms with Gasteiger partial charge in [-0.05, 0) is 25.3 Å². The summed E-state index contributed by atoms with van der Waals surface area (Å²) in [4.78, 5) is 22.8. The fraction of sp³-hybridized carbons (Fsp3) is 0.579. The quantitative estimate of drug-likeness (QED) is 0.857. The van der Waals surface area contributed by atoms with Crippen LogP contribution < -0.4 is 5.32 Å². The second-order valence-corrected chi connectivity index (χ2v) is 7.13. The van der Waals surface area contributed by atoms with Gasteiger partial charge in [-0.2, -0.15) is 0 Å². The molecule has 1 aliphatic carbocycles. The number of amides is 1. The number of hydrogen-bond donors (Lipinski definition) is 2. The molecule has 1 aliphatic heterocycles. The minimum atomic E-state index is 0. The fourth-order valence-corrected chi connectivity index (χ4v) is 3.96. The summed E-state index contributed by atoms with van der Waals surface area (Å²) in [6, 6.07) is 0.480. The van der Waals surface area contributed by atoms with Crippen molar-refractivity contribution in [1.82, 2.24) is 14.9 Å². The Morgan fingerprint density at radius 1 is 1.27 bits per heavy atom. The molecule has 2 aromatic rings. The summed E-state index contributed by atoms with van der Waals surface area (Å²) in [5.41, 5.74) is 2.72. The van der Waals surface area contributed by atoms with E-state index in [-0.39, 0.29) is 18.3 Å². The van der Waals surface area contributed by atoms with Crippen molar-refractivity contribution < 1.29 is 9.53 Å². The summed E-state index contributed by atoms with van der Waals surface area (Å²) in [6.07, 6.45) is 9.97. The highest BCUT2D eigenvalue weighted by molar-refractivity contribution is 6.09. The number of aromatic nitrogens is 2. The monoisotopic (exact) mass is 378 g/mol. The average Bonchev–Trinajstić information content (AvgIpc) is 3.06. The standard InChI is InChI=1S/C19H26N4O2.ClH/c1-13-11-20-17-16(13)15(19(24)23-7-9-25-10-8-23)12-21-18(17)22-14-5-3-2-4-6-14;/h11-12,14,20H,2-10H2,1H3,(H,21,22);1H. The summed E-state index contributed by atoms with van der Waals surface area (Å²) in [5, 5.41) is 4.59. The van der Waals surface area contributed by atoms with Crippen LogP contribution in [0.2, 0.25) is 0 Å². The highest BCUT2D eigenvalue weighted by atomic mass is 35.5. The Labute approximate surface area is 160 Å². The third kappa shape index (κ3) is 3.67. The zero-order valence-electron chi connectivity index (χ0n) is 15.2. The predicted octanol–water partition coefficient (Wildman–Crippen LogP) is 3.51. The Kier molecular flexibility index (Phi) is 6.04. The lowest BCUT2D eigenvalue weighted by molar-refractivity contribution is 0.0304. The number of fused-ring (bicyclic) bond motifs is 1. The zero-order valence-corrected chi connectivity index (χ0v) is 16.0. The molecule has 2 aliphatic rings. The molecule has 1 saturated carbocycles. The van der Waals surface area contributed by atoms with Crippen LogP contribution in [0.25, 0.3) is 10.9 Å². The topological polar surface area (TPSA) is 70.2 Å². The fourth-order valence-electron chi connectivity index (χ4n) is 3.96. The first-order chi connectivity index (χ1) is 12.2. The first kappa shape index (κ1) is 19.0. The van der Waals surface area contributed by atoms with Gasteiger partial charge in [-0.15, -0.1) is 12.4 Å². The molecule has 0 unspecified atom stereocenters. The van der Waals surface area contributed by atoms with Crippen molar-refractivity contribution >= 4 is 35.0 Å². The van der Waals surface area contributed by atoms with Crippen LogP contribution in [0.4, 0.5) is 5.82 Å². The van der Waals surface area contributed by atoms with Gasteiger partial charge >= 0.3 is 0 Å². The van der Waals surface area contributed by atoms with Crippen LogP contribution in [0, 0.1) is 6.92 Å². The number of aromatic amines is 1. The number of carbonyl (C=O) groups is 1. The highest BCUT2D eigenvalue weighted by Crippen LogP contribution is 2.30. The molecule has 7 heteroatoms. The van der Waals surface area contributed by atoms with E-state index in [0.717, 1.165) is 22.3 Å². The number of nitrogens with zero attached hydrogens (tertiary/aromatic N) is 2. The van der Waals surface area contributed by atoms with Crippen molar-refractivity contribution in [2.24, 2.45) is 0 Å². The summed E-state index contributed by atoms with van der Waals surface area (Å²) < 4.78 is 5.36. The van der Waals surface area contributed by atoms with Crippen LogP contribution in [0.1, 0.15) is 48.0 Å². The maximum Gasteiger partial charge on any atom is 0.256 e. The third-order valence-electron chi connectivity index (χ3n) is 5.38. The first-order valence-electron chi connectivity index (χ1n) is 9.34. The van der Waals surface area contributed by atoms with Crippen molar-refractivity contribution in [3.63, 3.8) is 0 Å². The molecule has 26 heavy (non-hydrogen) atoms. The average molecular weight is 379 g/mol. The molecule has 2 N–H and O–H groups in total. The molecule has 0 aromatic carbocycles. The maximum absolute atomic E-state index is 13.0. The van der Waals surface area contributed by atoms with Gasteiger partial charge in [0.2, 0.25) is 0 Å². The van der Waals surface area contributed by atoms with Gasteiger partial charge in [0.1, 0.15) is 0 Å². The normalized spacial score (nSPS) is 18.6. The third-order valence-corrected chi connectivity index (χ3v) is 5.38. The second-order valence-electron chi connectivity index (χ2n) is 7.13. The van der Waals surface area contributed by atoms with E-state index in [1.165, 1.54) is 32.1 Å². The minimum Gasteiger partial charge on any atom is -0.378 e. The Balaban J connectivity index is 0.00000196. The first-order valence-corrected chi connectivity index (χ1v) is 9.34. The minimum absolute atomic E-state index is 0. The van der Waals surface area contributed by atoms with Gasteiger partial charge in [-0.25, -0.2) is 4.98 Å². The Morgan fingerprint density at radius 3 is 2.73 bits per heavy atom. The van der Waals surface area contributed by atoms with E-state index in [2.05, 4.69) is 15.3 Å². The van der Waals surface area contributed by atoms with Gasteiger partial charge in [0.05, 0.1) is 24.3 Å². The van der Waals surface area contributed by atoms with Gasteiger partial charge in [-0.3, -0.25) is 4.79 Å². The van der Waals surface area contributed by atoms with E-state index >= 15 is 0 Å². The molecule has 2 aromatic heterocycles. The second kappa shape index (κ2) is 8.27. The van der Waals surface area contributed by atoms with Crippen LogP contribution >= 0.6 is 12.4 Å². The van der Waals surface area contributed by atoms with Gasteiger partial charge in [0.25, 0.3) is 5.91 Å². The van der Waals surface area contributed by atoms with Crippen molar-refractivity contribution in [3.8, 4) is 0 Å². The van der Waals surface area contributed by atoms with Crippen molar-refractivity contribution in [1.29, 1.82) is 0 Å². The maximum atomic E-state index is 13.0. The summed E-state index contributed by atoms with van der Waals surface area (Å²) in [6.45, 7) is 4.54. The molecule has 0 spiro atoms. The number of anilines is 1. The van der Waals surface area contributed by atoms with E-state index in [9.17, 15) is 4.79 Å². The number of hydrogen-bond acceptors (Lipinski definition) is 4. The molecule has 2 fully saturated rings. The molecule has 6 nitrogen and oxygen atoms in total. The van der Waals surface area contributed by atoms with Crippen LogP contribution in [0.3, 0.4) is 0 Å². The smallest absolute Gasteiger partial charge is 0.256 e. The molecule has 0 bridgehead atoms. The number of H-pyrrole nitrogens is 1. The van der Waals surface area contributed by atoms with E-state index < -0.39 is 0 Å². The van der Waals surface area contributed by atoms with E-state index in [1.54, 1.807) is 6.20 Å². The van der Waals surface area contributed by atoms with Crippen LogP contribution in [0.15, 0.2) is 12.4 Å². The molecule has 0 atom stereocenters. The van der Waals surface area contributed by atoms with Gasteiger partial charge < -0.3 is 19.9 Å². The van der Waals surface area contributed by atoms with Crippen molar-refractivity contribution in [2.45, 2.75) is 45.1 Å². The predicted molar refractivity (Wildman–Crippen MR) is 105 cm³/mol. The number of halogens is 1. The summed E-state index contributed by atoms with van der Waals surface area (Å²) >= 11 is 0. The molecule has 1 amide bonds. The van der Waals surface area contributed by atoms with E-state index in [4.69, 9.17) is 4.74 Å². The number of morpholine rings is 1. The van der Waals surface area contributed by atoms with Crippen LogP contribution in [0.5, 0.6) is 0 Å². The van der Waals surface area contributed by atoms with Gasteiger partial charge in [-0.1, -0.05) is 19.3 Å². The van der Waals surface area contributed by atoms with E-state index in [1.807, 2.05) is 18.0 Å². The van der Waals surface area contributed by atoms with Crippen molar-refractivity contribution in [3.05, 3.63) is 23.5 Å². The molecular formula is C19H27ClN4O2. The lowest BCUT2D eigenvalue weighted by atomic mass is 9.95. The summed E-state index contributed by atoms with van der Waals surface area (Å²) in [7, 11) is 0. The number of ether oxygens (including phenoxy) is 1. The zero-order chi connectivity index (χ0) is 17.2. The molecule has 0 radical (unpaired) electrons.